The van der Waals surface area contributed by atoms with E-state index in [1.54, 1.807) is 0 Å². The normalized spacial score (nSPS) is 23.0. The highest BCUT2D eigenvalue weighted by molar-refractivity contribution is 5.79. The van der Waals surface area contributed by atoms with Crippen molar-refractivity contribution >= 4 is 5.91 Å². The average Bonchev–Trinajstić information content (AvgIpc) is 2.45. The van der Waals surface area contributed by atoms with Crippen molar-refractivity contribution in [3.63, 3.8) is 0 Å². The van der Waals surface area contributed by atoms with E-state index in [1.807, 2.05) is 6.07 Å². The number of rotatable bonds is 5. The molecule has 2 rings (SSSR count). The second kappa shape index (κ2) is 7.29. The van der Waals surface area contributed by atoms with E-state index in [-0.39, 0.29) is 11.8 Å². The van der Waals surface area contributed by atoms with Crippen LogP contribution in [0.15, 0.2) is 30.3 Å². The van der Waals surface area contributed by atoms with Crippen LogP contribution in [-0.2, 0) is 11.2 Å². The van der Waals surface area contributed by atoms with Crippen LogP contribution < -0.4 is 10.6 Å². The van der Waals surface area contributed by atoms with Gasteiger partial charge in [-0.1, -0.05) is 30.3 Å². The molecule has 1 aliphatic heterocycles. The molecule has 0 spiro atoms. The molecule has 0 aromatic heterocycles. The highest BCUT2D eigenvalue weighted by atomic mass is 16.1. The van der Waals surface area contributed by atoms with Gasteiger partial charge in [0.05, 0.1) is 5.92 Å². The van der Waals surface area contributed by atoms with Crippen molar-refractivity contribution in [2.24, 2.45) is 5.92 Å². The average molecular weight is 260 g/mol. The Morgan fingerprint density at radius 3 is 2.89 bits per heavy atom. The van der Waals surface area contributed by atoms with Gasteiger partial charge in [0.25, 0.3) is 0 Å². The van der Waals surface area contributed by atoms with Crippen LogP contribution in [-0.4, -0.2) is 25.0 Å². The van der Waals surface area contributed by atoms with E-state index in [0.29, 0.717) is 6.04 Å². The maximum Gasteiger partial charge on any atom is 0.224 e. The van der Waals surface area contributed by atoms with Gasteiger partial charge in [-0.2, -0.15) is 0 Å². The molecule has 1 aromatic carbocycles. The van der Waals surface area contributed by atoms with Crippen LogP contribution in [0.2, 0.25) is 0 Å². The van der Waals surface area contributed by atoms with Gasteiger partial charge in [-0.3, -0.25) is 4.79 Å². The number of piperidine rings is 1. The Morgan fingerprint density at radius 1 is 1.37 bits per heavy atom. The zero-order valence-electron chi connectivity index (χ0n) is 11.7. The molecule has 1 amide bonds. The third-order valence-electron chi connectivity index (χ3n) is 3.88. The van der Waals surface area contributed by atoms with E-state index in [9.17, 15) is 4.79 Å². The zero-order chi connectivity index (χ0) is 13.5. The molecule has 0 aliphatic carbocycles. The van der Waals surface area contributed by atoms with Crippen molar-refractivity contribution in [2.75, 3.05) is 13.1 Å². The molecule has 1 fully saturated rings. The summed E-state index contributed by atoms with van der Waals surface area (Å²) in [4.78, 5) is 12.1. The Balaban J connectivity index is 1.66. The lowest BCUT2D eigenvalue weighted by molar-refractivity contribution is -0.126. The Labute approximate surface area is 115 Å². The number of hydrogen-bond donors (Lipinski definition) is 2. The van der Waals surface area contributed by atoms with E-state index < -0.39 is 0 Å². The van der Waals surface area contributed by atoms with Gasteiger partial charge < -0.3 is 10.6 Å². The number of benzene rings is 1. The summed E-state index contributed by atoms with van der Waals surface area (Å²) in [5.74, 6) is 0.359. The Morgan fingerprint density at radius 2 is 2.16 bits per heavy atom. The molecule has 2 unspecified atom stereocenters. The number of amides is 1. The molecule has 3 heteroatoms. The number of carbonyl (C=O) groups is 1. The van der Waals surface area contributed by atoms with Gasteiger partial charge in [-0.25, -0.2) is 0 Å². The first-order valence-corrected chi connectivity index (χ1v) is 7.32. The first-order chi connectivity index (χ1) is 9.27. The van der Waals surface area contributed by atoms with E-state index in [2.05, 4.69) is 41.8 Å². The molecule has 1 aliphatic rings. The first-order valence-electron chi connectivity index (χ1n) is 7.32. The molecule has 19 heavy (non-hydrogen) atoms. The fraction of sp³-hybridized carbons (Fsp3) is 0.562. The molecule has 1 heterocycles. The standard InChI is InChI=1S/C16H24N2O/c1-13-15(10-6-11-17-13)16(19)18-12-5-9-14-7-3-2-4-8-14/h2-4,7-8,13,15,17H,5-6,9-12H2,1H3,(H,18,19). The van der Waals surface area contributed by atoms with Gasteiger partial charge >= 0.3 is 0 Å². The van der Waals surface area contributed by atoms with Crippen molar-refractivity contribution in [1.82, 2.24) is 10.6 Å². The van der Waals surface area contributed by atoms with E-state index in [0.717, 1.165) is 38.8 Å². The summed E-state index contributed by atoms with van der Waals surface area (Å²) in [5.41, 5.74) is 1.34. The molecule has 0 radical (unpaired) electrons. The van der Waals surface area contributed by atoms with Crippen molar-refractivity contribution < 1.29 is 4.79 Å². The minimum atomic E-state index is 0.144. The molecule has 0 saturated carbocycles. The Kier molecular flexibility index (Phi) is 5.40. The van der Waals surface area contributed by atoms with Crippen LogP contribution >= 0.6 is 0 Å². The maximum atomic E-state index is 12.1. The maximum absolute atomic E-state index is 12.1. The molecule has 1 saturated heterocycles. The van der Waals surface area contributed by atoms with Gasteiger partial charge in [-0.05, 0) is 44.7 Å². The number of carbonyl (C=O) groups excluding carboxylic acids is 1. The largest absolute Gasteiger partial charge is 0.356 e. The van der Waals surface area contributed by atoms with Gasteiger partial charge in [0, 0.05) is 12.6 Å². The molecule has 3 nitrogen and oxygen atoms in total. The predicted molar refractivity (Wildman–Crippen MR) is 78.0 cm³/mol. The van der Waals surface area contributed by atoms with Crippen LogP contribution in [0, 0.1) is 5.92 Å². The molecular formula is C16H24N2O. The number of nitrogens with one attached hydrogen (secondary N) is 2. The molecule has 104 valence electrons. The zero-order valence-corrected chi connectivity index (χ0v) is 11.7. The monoisotopic (exact) mass is 260 g/mol. The third-order valence-corrected chi connectivity index (χ3v) is 3.88. The Bertz CT molecular complexity index is 391. The summed E-state index contributed by atoms with van der Waals surface area (Å²) >= 11 is 0. The quantitative estimate of drug-likeness (QED) is 0.796. The number of aryl methyl sites for hydroxylation is 1. The van der Waals surface area contributed by atoms with Gasteiger partial charge in [0.1, 0.15) is 0 Å². The molecular weight excluding hydrogens is 236 g/mol. The van der Waals surface area contributed by atoms with Gasteiger partial charge in [0.15, 0.2) is 0 Å². The van der Waals surface area contributed by atoms with Crippen molar-refractivity contribution in [2.45, 2.75) is 38.6 Å². The summed E-state index contributed by atoms with van der Waals surface area (Å²) in [5, 5.41) is 6.44. The SMILES string of the molecule is CC1NCCCC1C(=O)NCCCc1ccccc1. The van der Waals surface area contributed by atoms with Crippen LogP contribution in [0.25, 0.3) is 0 Å². The summed E-state index contributed by atoms with van der Waals surface area (Å²) < 4.78 is 0. The fourth-order valence-corrected chi connectivity index (χ4v) is 2.68. The minimum absolute atomic E-state index is 0.144. The molecule has 0 bridgehead atoms. The fourth-order valence-electron chi connectivity index (χ4n) is 2.68. The van der Waals surface area contributed by atoms with Crippen molar-refractivity contribution in [3.8, 4) is 0 Å². The Hall–Kier alpha value is -1.35. The lowest BCUT2D eigenvalue weighted by atomic mass is 9.91. The van der Waals surface area contributed by atoms with E-state index >= 15 is 0 Å². The third kappa shape index (κ3) is 4.35. The molecule has 1 aromatic rings. The summed E-state index contributed by atoms with van der Waals surface area (Å²) in [6, 6.07) is 10.7. The van der Waals surface area contributed by atoms with Gasteiger partial charge in [-0.15, -0.1) is 0 Å². The minimum Gasteiger partial charge on any atom is -0.356 e. The summed E-state index contributed by atoms with van der Waals surface area (Å²) in [6.07, 6.45) is 4.15. The molecule has 2 atom stereocenters. The van der Waals surface area contributed by atoms with Crippen LogP contribution in [0.1, 0.15) is 31.7 Å². The van der Waals surface area contributed by atoms with Gasteiger partial charge in [0.2, 0.25) is 5.91 Å². The highest BCUT2D eigenvalue weighted by Crippen LogP contribution is 2.16. The van der Waals surface area contributed by atoms with Crippen LogP contribution in [0.4, 0.5) is 0 Å². The van der Waals surface area contributed by atoms with Crippen LogP contribution in [0.3, 0.4) is 0 Å². The van der Waals surface area contributed by atoms with E-state index in [4.69, 9.17) is 0 Å². The molecule has 2 N–H and O–H groups in total. The number of hydrogen-bond acceptors (Lipinski definition) is 2. The first kappa shape index (κ1) is 14.1. The second-order valence-electron chi connectivity index (χ2n) is 5.37. The van der Waals surface area contributed by atoms with Crippen molar-refractivity contribution in [3.05, 3.63) is 35.9 Å². The lowest BCUT2D eigenvalue weighted by Gasteiger charge is -2.28. The summed E-state index contributed by atoms with van der Waals surface area (Å²) in [6.45, 7) is 3.92. The summed E-state index contributed by atoms with van der Waals surface area (Å²) in [7, 11) is 0. The highest BCUT2D eigenvalue weighted by Gasteiger charge is 2.26. The second-order valence-corrected chi connectivity index (χ2v) is 5.37. The van der Waals surface area contributed by atoms with Crippen molar-refractivity contribution in [1.29, 1.82) is 0 Å². The lowest BCUT2D eigenvalue weighted by Crippen LogP contribution is -2.46. The van der Waals surface area contributed by atoms with Crippen LogP contribution in [0.5, 0.6) is 0 Å². The van der Waals surface area contributed by atoms with E-state index in [1.165, 1.54) is 5.56 Å². The smallest absolute Gasteiger partial charge is 0.224 e. The topological polar surface area (TPSA) is 41.1 Å². The predicted octanol–water partition coefficient (Wildman–Crippen LogP) is 2.12.